The standard InChI is InChI=1S/C19H13F3N2O2/c20-13-6-8-14(9-7-13)26-19-15(4-2-10-23-19)18(25)24-11-12-3-1-5-16(21)17(12)22/h1-10H,11H2,(H,24,25). The van der Waals surface area contributed by atoms with Crippen molar-refractivity contribution in [2.45, 2.75) is 6.54 Å². The molecule has 0 aliphatic carbocycles. The van der Waals surface area contributed by atoms with E-state index in [0.29, 0.717) is 5.75 Å². The fourth-order valence-electron chi connectivity index (χ4n) is 2.21. The van der Waals surface area contributed by atoms with E-state index >= 15 is 0 Å². The lowest BCUT2D eigenvalue weighted by atomic mass is 10.2. The molecule has 0 spiro atoms. The number of ether oxygens (including phenoxy) is 1. The van der Waals surface area contributed by atoms with Crippen LogP contribution >= 0.6 is 0 Å². The Balaban J connectivity index is 1.75. The molecule has 7 heteroatoms. The fraction of sp³-hybridized carbons (Fsp3) is 0.0526. The van der Waals surface area contributed by atoms with Crippen LogP contribution in [0.5, 0.6) is 11.6 Å². The van der Waals surface area contributed by atoms with Gasteiger partial charge in [0.15, 0.2) is 11.6 Å². The molecule has 1 aromatic heterocycles. The third-order valence-corrected chi connectivity index (χ3v) is 3.51. The molecule has 4 nitrogen and oxygen atoms in total. The molecule has 0 unspecified atom stereocenters. The van der Waals surface area contributed by atoms with E-state index in [4.69, 9.17) is 4.74 Å². The van der Waals surface area contributed by atoms with E-state index < -0.39 is 23.4 Å². The van der Waals surface area contributed by atoms with Crippen LogP contribution in [0, 0.1) is 17.5 Å². The number of rotatable bonds is 5. The van der Waals surface area contributed by atoms with Gasteiger partial charge in [-0.15, -0.1) is 0 Å². The van der Waals surface area contributed by atoms with Gasteiger partial charge in [-0.2, -0.15) is 0 Å². The summed E-state index contributed by atoms with van der Waals surface area (Å²) < 4.78 is 45.3. The summed E-state index contributed by atoms with van der Waals surface area (Å²) >= 11 is 0. The zero-order chi connectivity index (χ0) is 18.5. The topological polar surface area (TPSA) is 51.2 Å². The third-order valence-electron chi connectivity index (χ3n) is 3.51. The monoisotopic (exact) mass is 358 g/mol. The number of benzene rings is 2. The number of pyridine rings is 1. The number of aromatic nitrogens is 1. The molecule has 0 radical (unpaired) electrons. The van der Waals surface area contributed by atoms with Crippen LogP contribution in [0.4, 0.5) is 13.2 Å². The molecule has 0 atom stereocenters. The number of carbonyl (C=O) groups excluding carboxylic acids is 1. The fourth-order valence-corrected chi connectivity index (χ4v) is 2.21. The summed E-state index contributed by atoms with van der Waals surface area (Å²) in [6, 6.07) is 12.0. The highest BCUT2D eigenvalue weighted by Gasteiger charge is 2.15. The summed E-state index contributed by atoms with van der Waals surface area (Å²) in [5.41, 5.74) is 0.122. The van der Waals surface area contributed by atoms with E-state index in [2.05, 4.69) is 10.3 Å². The zero-order valence-corrected chi connectivity index (χ0v) is 13.4. The lowest BCUT2D eigenvalue weighted by molar-refractivity contribution is 0.0947. The summed E-state index contributed by atoms with van der Waals surface area (Å²) in [4.78, 5) is 16.4. The van der Waals surface area contributed by atoms with Gasteiger partial charge >= 0.3 is 0 Å². The zero-order valence-electron chi connectivity index (χ0n) is 13.4. The van der Waals surface area contributed by atoms with E-state index in [9.17, 15) is 18.0 Å². The first-order valence-electron chi connectivity index (χ1n) is 7.64. The first-order chi connectivity index (χ1) is 12.5. The van der Waals surface area contributed by atoms with E-state index in [-0.39, 0.29) is 23.6 Å². The molecule has 1 amide bonds. The average Bonchev–Trinajstić information content (AvgIpc) is 2.65. The van der Waals surface area contributed by atoms with Crippen molar-refractivity contribution in [1.29, 1.82) is 0 Å². The number of hydrogen-bond acceptors (Lipinski definition) is 3. The molecule has 0 aliphatic rings. The molecular formula is C19H13F3N2O2. The van der Waals surface area contributed by atoms with Crippen LogP contribution in [-0.4, -0.2) is 10.9 Å². The molecule has 0 aliphatic heterocycles. The van der Waals surface area contributed by atoms with Crippen LogP contribution in [0.15, 0.2) is 60.8 Å². The second-order valence-corrected chi connectivity index (χ2v) is 5.31. The van der Waals surface area contributed by atoms with Gasteiger partial charge in [-0.1, -0.05) is 12.1 Å². The van der Waals surface area contributed by atoms with E-state index in [1.165, 1.54) is 54.7 Å². The molecule has 3 rings (SSSR count). The molecule has 0 saturated heterocycles. The summed E-state index contributed by atoms with van der Waals surface area (Å²) in [5, 5.41) is 2.49. The van der Waals surface area contributed by atoms with Crippen molar-refractivity contribution in [2.75, 3.05) is 0 Å². The molecule has 2 aromatic carbocycles. The Morgan fingerprint density at radius 2 is 1.77 bits per heavy atom. The number of amides is 1. The molecule has 1 N–H and O–H groups in total. The maximum Gasteiger partial charge on any atom is 0.257 e. The van der Waals surface area contributed by atoms with Gasteiger partial charge in [-0.05, 0) is 42.5 Å². The Morgan fingerprint density at radius 1 is 1.00 bits per heavy atom. The predicted octanol–water partition coefficient (Wildman–Crippen LogP) is 4.22. The largest absolute Gasteiger partial charge is 0.438 e. The normalized spacial score (nSPS) is 10.4. The van der Waals surface area contributed by atoms with Gasteiger partial charge in [-0.3, -0.25) is 4.79 Å². The minimum Gasteiger partial charge on any atom is -0.438 e. The van der Waals surface area contributed by atoms with Crippen molar-refractivity contribution < 1.29 is 22.7 Å². The lowest BCUT2D eigenvalue weighted by Crippen LogP contribution is -2.24. The Bertz CT molecular complexity index is 930. The van der Waals surface area contributed by atoms with Gasteiger partial charge in [0, 0.05) is 18.3 Å². The number of halogens is 3. The summed E-state index contributed by atoms with van der Waals surface area (Å²) in [6.07, 6.45) is 1.43. The second-order valence-electron chi connectivity index (χ2n) is 5.31. The smallest absolute Gasteiger partial charge is 0.257 e. The Hall–Kier alpha value is -3.35. The van der Waals surface area contributed by atoms with Crippen LogP contribution in [0.1, 0.15) is 15.9 Å². The number of nitrogens with zero attached hydrogens (tertiary/aromatic N) is 1. The van der Waals surface area contributed by atoms with E-state index in [0.717, 1.165) is 6.07 Å². The predicted molar refractivity (Wildman–Crippen MR) is 88.2 cm³/mol. The molecule has 3 aromatic rings. The van der Waals surface area contributed by atoms with Crippen LogP contribution in [0.2, 0.25) is 0 Å². The maximum absolute atomic E-state index is 13.7. The Labute approximate surface area is 147 Å². The summed E-state index contributed by atoms with van der Waals surface area (Å²) in [5.74, 6) is -2.68. The minimum atomic E-state index is -1.01. The van der Waals surface area contributed by atoms with E-state index in [1.807, 2.05) is 0 Å². The van der Waals surface area contributed by atoms with Crippen molar-refractivity contribution in [3.8, 4) is 11.6 Å². The Morgan fingerprint density at radius 3 is 2.54 bits per heavy atom. The first kappa shape index (κ1) is 17.5. The van der Waals surface area contributed by atoms with Gasteiger partial charge in [0.05, 0.1) is 0 Å². The van der Waals surface area contributed by atoms with Crippen molar-refractivity contribution in [1.82, 2.24) is 10.3 Å². The highest BCUT2D eigenvalue weighted by Crippen LogP contribution is 2.23. The molecule has 1 heterocycles. The first-order valence-corrected chi connectivity index (χ1v) is 7.64. The number of carbonyl (C=O) groups is 1. The van der Waals surface area contributed by atoms with Crippen LogP contribution in [0.25, 0.3) is 0 Å². The SMILES string of the molecule is O=C(NCc1cccc(F)c1F)c1cccnc1Oc1ccc(F)cc1. The number of nitrogens with one attached hydrogen (secondary N) is 1. The highest BCUT2D eigenvalue weighted by molar-refractivity contribution is 5.96. The second kappa shape index (κ2) is 7.69. The minimum absolute atomic E-state index is 0.0105. The number of hydrogen-bond donors (Lipinski definition) is 1. The van der Waals surface area contributed by atoms with Crippen LogP contribution in [-0.2, 0) is 6.54 Å². The van der Waals surface area contributed by atoms with Crippen molar-refractivity contribution in [3.63, 3.8) is 0 Å². The average molecular weight is 358 g/mol. The van der Waals surface area contributed by atoms with Crippen LogP contribution < -0.4 is 10.1 Å². The van der Waals surface area contributed by atoms with Gasteiger partial charge in [0.2, 0.25) is 5.88 Å². The van der Waals surface area contributed by atoms with Crippen molar-refractivity contribution >= 4 is 5.91 Å². The molecule has 0 bridgehead atoms. The van der Waals surface area contributed by atoms with Crippen molar-refractivity contribution in [2.24, 2.45) is 0 Å². The quantitative estimate of drug-likeness (QED) is 0.743. The van der Waals surface area contributed by atoms with Gasteiger partial charge in [-0.25, -0.2) is 18.2 Å². The molecular weight excluding hydrogens is 345 g/mol. The summed E-state index contributed by atoms with van der Waals surface area (Å²) in [6.45, 7) is -0.201. The lowest BCUT2D eigenvalue weighted by Gasteiger charge is -2.11. The van der Waals surface area contributed by atoms with Crippen molar-refractivity contribution in [3.05, 3.63) is 89.4 Å². The van der Waals surface area contributed by atoms with Gasteiger partial charge in [0.1, 0.15) is 17.1 Å². The van der Waals surface area contributed by atoms with Crippen LogP contribution in [0.3, 0.4) is 0 Å². The maximum atomic E-state index is 13.7. The summed E-state index contributed by atoms with van der Waals surface area (Å²) in [7, 11) is 0. The molecule has 26 heavy (non-hydrogen) atoms. The van der Waals surface area contributed by atoms with Gasteiger partial charge in [0.25, 0.3) is 5.91 Å². The molecule has 0 saturated carbocycles. The van der Waals surface area contributed by atoms with Gasteiger partial charge < -0.3 is 10.1 Å². The third kappa shape index (κ3) is 4.00. The highest BCUT2D eigenvalue weighted by atomic mass is 19.2. The molecule has 132 valence electrons. The van der Waals surface area contributed by atoms with E-state index in [1.54, 1.807) is 0 Å². The molecule has 0 fully saturated rings. The Kier molecular flexibility index (Phi) is 5.17.